The average Bonchev–Trinajstić information content (AvgIpc) is 2.91. The molecule has 2 atom stereocenters. The predicted octanol–water partition coefficient (Wildman–Crippen LogP) is 5.14. The summed E-state index contributed by atoms with van der Waals surface area (Å²) in [4.78, 5) is 28.6. The van der Waals surface area contributed by atoms with Gasteiger partial charge in [-0.05, 0) is 70.4 Å². The molecule has 0 aliphatic rings. The number of nitrogens with zero attached hydrogens (tertiary/aromatic N) is 2. The highest BCUT2D eigenvalue weighted by atomic mass is 32.2. The molecule has 0 spiro atoms. The van der Waals surface area contributed by atoms with E-state index in [-0.39, 0.29) is 23.4 Å². The van der Waals surface area contributed by atoms with Gasteiger partial charge in [0.05, 0.1) is 10.6 Å². The first kappa shape index (κ1) is 29.9. The lowest BCUT2D eigenvalue weighted by Crippen LogP contribution is -2.52. The summed E-state index contributed by atoms with van der Waals surface area (Å²) in [6.45, 7) is 10.9. The first-order chi connectivity index (χ1) is 18.4. The Labute approximate surface area is 232 Å². The number of aryl methyl sites for hydroxylation is 3. The van der Waals surface area contributed by atoms with E-state index in [2.05, 4.69) is 5.32 Å². The molecule has 0 unspecified atom stereocenters. The van der Waals surface area contributed by atoms with Crippen LogP contribution in [0.4, 0.5) is 5.69 Å². The molecule has 0 aliphatic heterocycles. The van der Waals surface area contributed by atoms with Crippen molar-refractivity contribution >= 4 is 27.5 Å². The molecule has 0 saturated carbocycles. The summed E-state index contributed by atoms with van der Waals surface area (Å²) in [7, 11) is -4.09. The van der Waals surface area contributed by atoms with Gasteiger partial charge >= 0.3 is 0 Å². The van der Waals surface area contributed by atoms with Gasteiger partial charge in [0.2, 0.25) is 11.8 Å². The highest BCUT2D eigenvalue weighted by Gasteiger charge is 2.33. The molecule has 0 aromatic heterocycles. The van der Waals surface area contributed by atoms with Crippen molar-refractivity contribution in [3.8, 4) is 0 Å². The van der Waals surface area contributed by atoms with Crippen LogP contribution in [0.5, 0.6) is 0 Å². The van der Waals surface area contributed by atoms with Crippen molar-refractivity contribution in [1.29, 1.82) is 0 Å². The molecule has 3 aromatic rings. The molecule has 0 saturated heterocycles. The summed E-state index contributed by atoms with van der Waals surface area (Å²) >= 11 is 0. The minimum absolute atomic E-state index is 0.0535. The summed E-state index contributed by atoms with van der Waals surface area (Å²) in [5, 5.41) is 2.95. The van der Waals surface area contributed by atoms with Crippen LogP contribution in [0.15, 0.2) is 77.7 Å². The molecular weight excluding hydrogens is 510 g/mol. The van der Waals surface area contributed by atoms with Crippen molar-refractivity contribution in [2.45, 2.75) is 71.5 Å². The summed E-state index contributed by atoms with van der Waals surface area (Å²) < 4.78 is 29.1. The second-order valence-corrected chi connectivity index (χ2v) is 12.0. The minimum atomic E-state index is -4.09. The maximum absolute atomic E-state index is 14.0. The van der Waals surface area contributed by atoms with Gasteiger partial charge in [0, 0.05) is 12.6 Å². The highest BCUT2D eigenvalue weighted by molar-refractivity contribution is 7.92. The zero-order chi connectivity index (χ0) is 28.7. The van der Waals surface area contributed by atoms with Crippen LogP contribution in [0.2, 0.25) is 0 Å². The van der Waals surface area contributed by atoms with Gasteiger partial charge in [-0.3, -0.25) is 13.9 Å². The maximum atomic E-state index is 14.0. The molecule has 7 nitrogen and oxygen atoms in total. The Bertz CT molecular complexity index is 1390. The van der Waals surface area contributed by atoms with Crippen LogP contribution in [-0.4, -0.2) is 43.8 Å². The van der Waals surface area contributed by atoms with Gasteiger partial charge in [0.25, 0.3) is 10.0 Å². The van der Waals surface area contributed by atoms with Crippen molar-refractivity contribution < 1.29 is 18.0 Å². The van der Waals surface area contributed by atoms with E-state index < -0.39 is 28.5 Å². The molecule has 208 valence electrons. The number of benzene rings is 3. The molecule has 0 aliphatic carbocycles. The topological polar surface area (TPSA) is 86.8 Å². The number of hydrogen-bond acceptors (Lipinski definition) is 4. The van der Waals surface area contributed by atoms with E-state index in [1.54, 1.807) is 37.3 Å². The Morgan fingerprint density at radius 2 is 1.49 bits per heavy atom. The molecule has 2 amide bonds. The first-order valence-electron chi connectivity index (χ1n) is 13.2. The Kier molecular flexibility index (Phi) is 9.92. The summed E-state index contributed by atoms with van der Waals surface area (Å²) in [6.07, 6.45) is 0.750. The van der Waals surface area contributed by atoms with Crippen LogP contribution < -0.4 is 9.62 Å². The van der Waals surface area contributed by atoms with Gasteiger partial charge < -0.3 is 10.2 Å². The number of amides is 2. The zero-order valence-corrected chi connectivity index (χ0v) is 24.5. The normalized spacial score (nSPS) is 12.9. The summed E-state index contributed by atoms with van der Waals surface area (Å²) in [5.74, 6) is -0.755. The lowest BCUT2D eigenvalue weighted by atomic mass is 10.1. The zero-order valence-electron chi connectivity index (χ0n) is 23.6. The SMILES string of the molecule is CC[C@@H](C)NC(=O)[C@H](C)N(Cc1ccccc1)C(=O)CN(c1ccc(C)cc1C)S(=O)(=O)c1ccc(C)cc1. The van der Waals surface area contributed by atoms with Crippen LogP contribution in [0.3, 0.4) is 0 Å². The number of anilines is 1. The van der Waals surface area contributed by atoms with Gasteiger partial charge in [0.1, 0.15) is 12.6 Å². The van der Waals surface area contributed by atoms with Gasteiger partial charge in [-0.1, -0.05) is 72.6 Å². The number of nitrogens with one attached hydrogen (secondary N) is 1. The monoisotopic (exact) mass is 549 g/mol. The third kappa shape index (κ3) is 7.47. The van der Waals surface area contributed by atoms with E-state index >= 15 is 0 Å². The lowest BCUT2D eigenvalue weighted by molar-refractivity contribution is -0.139. The molecule has 1 N–H and O–H groups in total. The quantitative estimate of drug-likeness (QED) is 0.359. The minimum Gasteiger partial charge on any atom is -0.352 e. The number of rotatable bonds is 11. The molecular formula is C31H39N3O4S. The van der Waals surface area contributed by atoms with Crippen molar-refractivity contribution in [3.05, 3.63) is 95.1 Å². The summed E-state index contributed by atoms with van der Waals surface area (Å²) in [6, 6.07) is 20.5. The van der Waals surface area contributed by atoms with Crippen LogP contribution in [-0.2, 0) is 26.2 Å². The fraction of sp³-hybridized carbons (Fsp3) is 0.355. The van der Waals surface area contributed by atoms with E-state index in [0.717, 1.165) is 33.0 Å². The molecule has 0 fully saturated rings. The van der Waals surface area contributed by atoms with E-state index in [4.69, 9.17) is 0 Å². The number of carbonyl (C=O) groups excluding carboxylic acids is 2. The van der Waals surface area contributed by atoms with Crippen molar-refractivity contribution in [3.63, 3.8) is 0 Å². The van der Waals surface area contributed by atoms with Crippen LogP contribution in [0.25, 0.3) is 0 Å². The molecule has 8 heteroatoms. The van der Waals surface area contributed by atoms with Gasteiger partial charge in [0.15, 0.2) is 0 Å². The standard InChI is InChI=1S/C31H39N3O4S/c1-7-25(5)32-31(36)26(6)33(20-27-11-9-8-10-12-27)30(35)21-34(29-18-15-23(3)19-24(29)4)39(37,38)28-16-13-22(2)14-17-28/h8-19,25-26H,7,20-21H2,1-6H3,(H,32,36)/t25-,26+/m1/s1. The Hall–Kier alpha value is -3.65. The number of sulfonamides is 1. The van der Waals surface area contributed by atoms with Crippen molar-refractivity contribution in [2.24, 2.45) is 0 Å². The summed E-state index contributed by atoms with van der Waals surface area (Å²) in [5.41, 5.74) is 3.91. The van der Waals surface area contributed by atoms with E-state index in [1.165, 1.54) is 4.90 Å². The molecule has 0 heterocycles. The average molecular weight is 550 g/mol. The van der Waals surface area contributed by atoms with Gasteiger partial charge in [-0.25, -0.2) is 8.42 Å². The lowest BCUT2D eigenvalue weighted by Gasteiger charge is -2.33. The van der Waals surface area contributed by atoms with Crippen molar-refractivity contribution in [1.82, 2.24) is 10.2 Å². The molecule has 0 radical (unpaired) electrons. The fourth-order valence-electron chi connectivity index (χ4n) is 4.26. The van der Waals surface area contributed by atoms with E-state index in [0.29, 0.717) is 5.69 Å². The van der Waals surface area contributed by atoms with Crippen LogP contribution in [0, 0.1) is 20.8 Å². The Morgan fingerprint density at radius 1 is 0.872 bits per heavy atom. The third-order valence-electron chi connectivity index (χ3n) is 6.87. The number of carbonyl (C=O) groups is 2. The van der Waals surface area contributed by atoms with Crippen LogP contribution in [0.1, 0.15) is 49.4 Å². The smallest absolute Gasteiger partial charge is 0.264 e. The number of hydrogen-bond donors (Lipinski definition) is 1. The third-order valence-corrected chi connectivity index (χ3v) is 8.65. The molecule has 3 aromatic carbocycles. The first-order valence-corrected chi connectivity index (χ1v) is 14.7. The molecule has 3 rings (SSSR count). The van der Waals surface area contributed by atoms with Crippen LogP contribution >= 0.6 is 0 Å². The van der Waals surface area contributed by atoms with E-state index in [1.807, 2.05) is 77.1 Å². The van der Waals surface area contributed by atoms with E-state index in [9.17, 15) is 18.0 Å². The van der Waals surface area contributed by atoms with Gasteiger partial charge in [-0.15, -0.1) is 0 Å². The Morgan fingerprint density at radius 3 is 2.08 bits per heavy atom. The largest absolute Gasteiger partial charge is 0.352 e. The fourth-order valence-corrected chi connectivity index (χ4v) is 5.74. The van der Waals surface area contributed by atoms with Crippen molar-refractivity contribution in [2.75, 3.05) is 10.8 Å². The maximum Gasteiger partial charge on any atom is 0.264 e. The second kappa shape index (κ2) is 12.9. The van der Waals surface area contributed by atoms with Gasteiger partial charge in [-0.2, -0.15) is 0 Å². The second-order valence-electron chi connectivity index (χ2n) is 10.1. The highest BCUT2D eigenvalue weighted by Crippen LogP contribution is 2.28. The Balaban J connectivity index is 2.04. The molecule has 0 bridgehead atoms. The predicted molar refractivity (Wildman–Crippen MR) is 156 cm³/mol. The molecule has 39 heavy (non-hydrogen) atoms.